The second kappa shape index (κ2) is 7.53. The number of anilines is 1. The molecule has 1 N–H and O–H groups in total. The monoisotopic (exact) mass is 376 g/mol. The number of rotatable bonds is 4. The Hall–Kier alpha value is -2.43. The number of nitrogens with one attached hydrogen (secondary N) is 1. The number of piperidine rings is 1. The molecule has 0 radical (unpaired) electrons. The summed E-state index contributed by atoms with van der Waals surface area (Å²) < 4.78 is 0. The van der Waals surface area contributed by atoms with Gasteiger partial charge >= 0.3 is 0 Å². The predicted octanol–water partition coefficient (Wildman–Crippen LogP) is 3.52. The minimum Gasteiger partial charge on any atom is -0.355 e. The van der Waals surface area contributed by atoms with E-state index in [0.29, 0.717) is 6.04 Å². The van der Waals surface area contributed by atoms with E-state index in [4.69, 9.17) is 9.97 Å². The van der Waals surface area contributed by atoms with E-state index in [9.17, 15) is 4.79 Å². The number of nitrogens with zero attached hydrogens (tertiary/aromatic N) is 3. The second-order valence-electron chi connectivity index (χ2n) is 8.44. The van der Waals surface area contributed by atoms with Crippen molar-refractivity contribution in [3.63, 3.8) is 0 Å². The van der Waals surface area contributed by atoms with Crippen LogP contribution in [0.3, 0.4) is 0 Å². The molecule has 5 rings (SSSR count). The van der Waals surface area contributed by atoms with Crippen molar-refractivity contribution in [2.75, 3.05) is 18.0 Å². The van der Waals surface area contributed by atoms with E-state index in [1.807, 2.05) is 18.2 Å². The van der Waals surface area contributed by atoms with Gasteiger partial charge in [-0.3, -0.25) is 4.79 Å². The van der Waals surface area contributed by atoms with Gasteiger partial charge in [-0.1, -0.05) is 30.3 Å². The highest BCUT2D eigenvalue weighted by molar-refractivity contribution is 5.80. The highest BCUT2D eigenvalue weighted by Crippen LogP contribution is 2.33. The zero-order valence-electron chi connectivity index (χ0n) is 16.4. The molecular weight excluding hydrogens is 348 g/mol. The van der Waals surface area contributed by atoms with E-state index >= 15 is 0 Å². The van der Waals surface area contributed by atoms with Gasteiger partial charge in [0.1, 0.15) is 5.82 Å². The number of benzene rings is 1. The average Bonchev–Trinajstić information content (AvgIpc) is 3.19. The maximum atomic E-state index is 12.7. The minimum atomic E-state index is 0.0709. The number of carbonyl (C=O) groups excluding carboxylic acids is 1. The SMILES string of the molecule is O=C(NC1CCC1)[C@H]1CCCN(c2nc(-c3ccccc3)nc3c2CCC3)C1. The van der Waals surface area contributed by atoms with Crippen LogP contribution in [0, 0.1) is 5.92 Å². The third-order valence-corrected chi connectivity index (χ3v) is 6.49. The standard InChI is InChI=1S/C23H28N4O/c28-23(24-18-10-4-11-18)17-9-6-14-27(15-17)22-19-12-5-13-20(19)25-21(26-22)16-7-2-1-3-8-16/h1-3,7-8,17-18H,4-6,9-15H2,(H,24,28)/t17-/m0/s1. The van der Waals surface area contributed by atoms with Crippen LogP contribution in [-0.2, 0) is 17.6 Å². The molecule has 2 fully saturated rings. The van der Waals surface area contributed by atoms with Crippen molar-refractivity contribution in [1.82, 2.24) is 15.3 Å². The number of carbonyl (C=O) groups is 1. The molecule has 3 aliphatic rings. The van der Waals surface area contributed by atoms with Gasteiger partial charge in [-0.25, -0.2) is 9.97 Å². The summed E-state index contributed by atoms with van der Waals surface area (Å²) in [6.07, 6.45) is 8.78. The largest absolute Gasteiger partial charge is 0.355 e. The summed E-state index contributed by atoms with van der Waals surface area (Å²) in [5.41, 5.74) is 3.57. The third-order valence-electron chi connectivity index (χ3n) is 6.49. The molecule has 2 heterocycles. The molecule has 0 spiro atoms. The summed E-state index contributed by atoms with van der Waals surface area (Å²) in [5.74, 6) is 2.20. The molecule has 1 saturated carbocycles. The number of fused-ring (bicyclic) bond motifs is 1. The predicted molar refractivity (Wildman–Crippen MR) is 110 cm³/mol. The number of hydrogen-bond acceptors (Lipinski definition) is 4. The van der Waals surface area contributed by atoms with Crippen LogP contribution in [0.4, 0.5) is 5.82 Å². The van der Waals surface area contributed by atoms with Crippen molar-refractivity contribution in [3.8, 4) is 11.4 Å². The first kappa shape index (κ1) is 17.7. The first-order valence-electron chi connectivity index (χ1n) is 10.8. The Labute approximate surface area is 166 Å². The van der Waals surface area contributed by atoms with Crippen LogP contribution in [0.5, 0.6) is 0 Å². The molecule has 0 bridgehead atoms. The van der Waals surface area contributed by atoms with Gasteiger partial charge in [0.15, 0.2) is 5.82 Å². The van der Waals surface area contributed by atoms with Crippen molar-refractivity contribution in [2.24, 2.45) is 5.92 Å². The van der Waals surface area contributed by atoms with Gasteiger partial charge in [0.05, 0.1) is 5.92 Å². The quantitative estimate of drug-likeness (QED) is 0.887. The summed E-state index contributed by atoms with van der Waals surface area (Å²) in [4.78, 5) is 25.0. The zero-order chi connectivity index (χ0) is 18.9. The van der Waals surface area contributed by atoms with E-state index in [1.54, 1.807) is 0 Å². The Kier molecular flexibility index (Phi) is 4.75. The fourth-order valence-electron chi connectivity index (χ4n) is 4.65. The van der Waals surface area contributed by atoms with Crippen LogP contribution >= 0.6 is 0 Å². The third kappa shape index (κ3) is 3.38. The summed E-state index contributed by atoms with van der Waals surface area (Å²) in [7, 11) is 0. The fraction of sp³-hybridized carbons (Fsp3) is 0.522. The van der Waals surface area contributed by atoms with Crippen molar-refractivity contribution >= 4 is 11.7 Å². The van der Waals surface area contributed by atoms with E-state index in [-0.39, 0.29) is 11.8 Å². The van der Waals surface area contributed by atoms with Crippen molar-refractivity contribution in [3.05, 3.63) is 41.6 Å². The summed E-state index contributed by atoms with van der Waals surface area (Å²) in [6, 6.07) is 10.7. The first-order valence-corrected chi connectivity index (χ1v) is 10.8. The van der Waals surface area contributed by atoms with E-state index in [1.165, 1.54) is 17.7 Å². The van der Waals surface area contributed by atoms with E-state index in [0.717, 1.165) is 75.2 Å². The molecule has 1 aromatic heterocycles. The Bertz CT molecular complexity index is 862. The Morgan fingerprint density at radius 2 is 1.86 bits per heavy atom. The molecule has 1 atom stereocenters. The molecular formula is C23H28N4O. The topological polar surface area (TPSA) is 58.1 Å². The van der Waals surface area contributed by atoms with E-state index in [2.05, 4.69) is 22.3 Å². The Balaban J connectivity index is 1.41. The lowest BCUT2D eigenvalue weighted by Crippen LogP contribution is -2.48. The molecule has 5 nitrogen and oxygen atoms in total. The van der Waals surface area contributed by atoms with E-state index < -0.39 is 0 Å². The Morgan fingerprint density at radius 1 is 1.00 bits per heavy atom. The lowest BCUT2D eigenvalue weighted by molar-refractivity contribution is -0.126. The molecule has 2 aromatic rings. The van der Waals surface area contributed by atoms with Gasteiger partial charge < -0.3 is 10.2 Å². The highest BCUT2D eigenvalue weighted by atomic mass is 16.2. The van der Waals surface area contributed by atoms with Crippen molar-refractivity contribution in [1.29, 1.82) is 0 Å². The molecule has 5 heteroatoms. The molecule has 2 aliphatic carbocycles. The fourth-order valence-corrected chi connectivity index (χ4v) is 4.65. The summed E-state index contributed by atoms with van der Waals surface area (Å²) >= 11 is 0. The highest BCUT2D eigenvalue weighted by Gasteiger charge is 2.31. The summed E-state index contributed by atoms with van der Waals surface area (Å²) in [6.45, 7) is 1.75. The number of hydrogen-bond donors (Lipinski definition) is 1. The van der Waals surface area contributed by atoms with Crippen LogP contribution in [0.25, 0.3) is 11.4 Å². The van der Waals surface area contributed by atoms with Crippen LogP contribution < -0.4 is 10.2 Å². The van der Waals surface area contributed by atoms with Gasteiger partial charge in [0.25, 0.3) is 0 Å². The number of aromatic nitrogens is 2. The second-order valence-corrected chi connectivity index (χ2v) is 8.44. The lowest BCUT2D eigenvalue weighted by Gasteiger charge is -2.36. The minimum absolute atomic E-state index is 0.0709. The molecule has 1 aliphatic heterocycles. The smallest absolute Gasteiger partial charge is 0.225 e. The van der Waals surface area contributed by atoms with Crippen LogP contribution in [-0.4, -0.2) is 35.0 Å². The maximum Gasteiger partial charge on any atom is 0.225 e. The molecule has 146 valence electrons. The van der Waals surface area contributed by atoms with Crippen LogP contribution in [0.1, 0.15) is 49.8 Å². The van der Waals surface area contributed by atoms with Crippen molar-refractivity contribution < 1.29 is 4.79 Å². The van der Waals surface area contributed by atoms with Crippen molar-refractivity contribution in [2.45, 2.75) is 57.4 Å². The Morgan fingerprint density at radius 3 is 2.64 bits per heavy atom. The molecule has 1 saturated heterocycles. The zero-order valence-corrected chi connectivity index (χ0v) is 16.4. The number of amides is 1. The molecule has 1 amide bonds. The van der Waals surface area contributed by atoms with Crippen LogP contribution in [0.2, 0.25) is 0 Å². The van der Waals surface area contributed by atoms with Gasteiger partial charge in [-0.05, 0) is 51.4 Å². The normalized spacial score (nSPS) is 21.9. The molecule has 28 heavy (non-hydrogen) atoms. The molecule has 0 unspecified atom stereocenters. The molecule has 1 aromatic carbocycles. The van der Waals surface area contributed by atoms with Gasteiger partial charge in [0.2, 0.25) is 5.91 Å². The number of aryl methyl sites for hydroxylation is 1. The van der Waals surface area contributed by atoms with Crippen LogP contribution in [0.15, 0.2) is 30.3 Å². The first-order chi connectivity index (χ1) is 13.8. The van der Waals surface area contributed by atoms with Gasteiger partial charge in [0, 0.05) is 36.0 Å². The lowest BCUT2D eigenvalue weighted by atomic mass is 9.91. The van der Waals surface area contributed by atoms with Gasteiger partial charge in [-0.15, -0.1) is 0 Å². The average molecular weight is 377 g/mol. The van der Waals surface area contributed by atoms with Gasteiger partial charge in [-0.2, -0.15) is 0 Å². The maximum absolute atomic E-state index is 12.7. The summed E-state index contributed by atoms with van der Waals surface area (Å²) in [5, 5.41) is 3.25.